The predicted octanol–water partition coefficient (Wildman–Crippen LogP) is 3.55. The van der Waals surface area contributed by atoms with Crippen molar-refractivity contribution in [2.75, 3.05) is 25.5 Å². The SMILES string of the molecule is COc1ccc(C(=O)NCCNC(=O)Nc2cc(Cl)ccc2Cl)cc1. The van der Waals surface area contributed by atoms with Gasteiger partial charge in [0.15, 0.2) is 0 Å². The summed E-state index contributed by atoms with van der Waals surface area (Å²) in [6.07, 6.45) is 0. The van der Waals surface area contributed by atoms with Gasteiger partial charge < -0.3 is 20.7 Å². The Kier molecular flexibility index (Phi) is 6.91. The van der Waals surface area contributed by atoms with E-state index in [1.165, 1.54) is 0 Å². The summed E-state index contributed by atoms with van der Waals surface area (Å²) in [7, 11) is 1.56. The predicted molar refractivity (Wildman–Crippen MR) is 98.8 cm³/mol. The van der Waals surface area contributed by atoms with E-state index in [0.29, 0.717) is 27.0 Å². The van der Waals surface area contributed by atoms with E-state index in [1.807, 2.05) is 0 Å². The minimum atomic E-state index is -0.442. The molecule has 25 heavy (non-hydrogen) atoms. The number of carbonyl (C=O) groups is 2. The second-order valence-corrected chi connectivity index (χ2v) is 5.83. The average Bonchev–Trinajstić information content (AvgIpc) is 2.61. The number of rotatable bonds is 6. The number of halogens is 2. The summed E-state index contributed by atoms with van der Waals surface area (Å²) < 4.78 is 5.03. The van der Waals surface area contributed by atoms with E-state index in [9.17, 15) is 9.59 Å². The van der Waals surface area contributed by atoms with Crippen molar-refractivity contribution in [3.05, 3.63) is 58.1 Å². The lowest BCUT2D eigenvalue weighted by atomic mass is 10.2. The van der Waals surface area contributed by atoms with Gasteiger partial charge in [0, 0.05) is 23.7 Å². The fraction of sp³-hybridized carbons (Fsp3) is 0.176. The van der Waals surface area contributed by atoms with Crippen LogP contribution in [-0.2, 0) is 0 Å². The van der Waals surface area contributed by atoms with Crippen molar-refractivity contribution in [2.24, 2.45) is 0 Å². The average molecular weight is 382 g/mol. The van der Waals surface area contributed by atoms with Crippen LogP contribution in [0.1, 0.15) is 10.4 Å². The van der Waals surface area contributed by atoms with Crippen molar-refractivity contribution in [3.8, 4) is 5.75 Å². The molecule has 0 fully saturated rings. The van der Waals surface area contributed by atoms with Gasteiger partial charge >= 0.3 is 6.03 Å². The first-order chi connectivity index (χ1) is 12.0. The summed E-state index contributed by atoms with van der Waals surface area (Å²) in [6, 6.07) is 11.1. The van der Waals surface area contributed by atoms with E-state index in [1.54, 1.807) is 49.6 Å². The molecule has 3 N–H and O–H groups in total. The van der Waals surface area contributed by atoms with Crippen LogP contribution in [-0.4, -0.2) is 32.1 Å². The fourth-order valence-electron chi connectivity index (χ4n) is 1.96. The van der Waals surface area contributed by atoms with Crippen molar-refractivity contribution in [2.45, 2.75) is 0 Å². The molecule has 0 unspecified atom stereocenters. The summed E-state index contributed by atoms with van der Waals surface area (Å²) in [5.41, 5.74) is 0.921. The molecule has 0 aromatic heterocycles. The number of carbonyl (C=O) groups excluding carboxylic acids is 2. The van der Waals surface area contributed by atoms with Crippen molar-refractivity contribution in [3.63, 3.8) is 0 Å². The summed E-state index contributed by atoms with van der Waals surface area (Å²) in [5.74, 6) is 0.442. The van der Waals surface area contributed by atoms with Crippen LogP contribution in [0.15, 0.2) is 42.5 Å². The van der Waals surface area contributed by atoms with Crippen LogP contribution in [0.3, 0.4) is 0 Å². The molecule has 2 aromatic rings. The molecule has 0 aliphatic carbocycles. The number of nitrogens with one attached hydrogen (secondary N) is 3. The minimum absolute atomic E-state index is 0.234. The number of anilines is 1. The van der Waals surface area contributed by atoms with Crippen molar-refractivity contribution in [1.29, 1.82) is 0 Å². The Morgan fingerprint density at radius 3 is 2.36 bits per heavy atom. The molecule has 2 rings (SSSR count). The number of methoxy groups -OCH3 is 1. The van der Waals surface area contributed by atoms with E-state index in [4.69, 9.17) is 27.9 Å². The highest BCUT2D eigenvalue weighted by molar-refractivity contribution is 6.35. The molecule has 8 heteroatoms. The van der Waals surface area contributed by atoms with Gasteiger partial charge in [0.1, 0.15) is 5.75 Å². The number of ether oxygens (including phenoxy) is 1. The molecule has 0 saturated carbocycles. The maximum Gasteiger partial charge on any atom is 0.319 e. The largest absolute Gasteiger partial charge is 0.497 e. The van der Waals surface area contributed by atoms with Gasteiger partial charge in [-0.2, -0.15) is 0 Å². The zero-order chi connectivity index (χ0) is 18.2. The molecule has 0 spiro atoms. The highest BCUT2D eigenvalue weighted by atomic mass is 35.5. The monoisotopic (exact) mass is 381 g/mol. The molecule has 132 valence electrons. The summed E-state index contributed by atoms with van der Waals surface area (Å²) >= 11 is 11.8. The molecule has 3 amide bonds. The second kappa shape index (κ2) is 9.15. The molecular formula is C17H17Cl2N3O3. The third-order valence-corrected chi connectivity index (χ3v) is 3.79. The third kappa shape index (κ3) is 5.85. The molecule has 0 atom stereocenters. The Morgan fingerprint density at radius 1 is 1.00 bits per heavy atom. The first-order valence-corrected chi connectivity index (χ1v) is 8.17. The topological polar surface area (TPSA) is 79.5 Å². The molecule has 0 radical (unpaired) electrons. The Balaban J connectivity index is 1.73. The lowest BCUT2D eigenvalue weighted by Gasteiger charge is -2.10. The molecule has 0 bridgehead atoms. The van der Waals surface area contributed by atoms with Gasteiger partial charge in [0.25, 0.3) is 5.91 Å². The number of hydrogen-bond acceptors (Lipinski definition) is 3. The van der Waals surface area contributed by atoms with Crippen LogP contribution in [0, 0.1) is 0 Å². The van der Waals surface area contributed by atoms with E-state index < -0.39 is 6.03 Å². The van der Waals surface area contributed by atoms with Crippen molar-refractivity contribution in [1.82, 2.24) is 10.6 Å². The van der Waals surface area contributed by atoms with Gasteiger partial charge in [-0.1, -0.05) is 23.2 Å². The van der Waals surface area contributed by atoms with E-state index in [-0.39, 0.29) is 19.0 Å². The van der Waals surface area contributed by atoms with Crippen LogP contribution in [0.2, 0.25) is 10.0 Å². The van der Waals surface area contributed by atoms with Crippen LogP contribution in [0.4, 0.5) is 10.5 Å². The standard InChI is InChI=1S/C17H17Cl2N3O3/c1-25-13-5-2-11(3-6-13)16(23)20-8-9-21-17(24)22-15-10-12(18)4-7-14(15)19/h2-7,10H,8-9H2,1H3,(H,20,23)(H2,21,22,24). The Hall–Kier alpha value is -2.44. The second-order valence-electron chi connectivity index (χ2n) is 4.99. The Labute approximate surface area is 155 Å². The smallest absolute Gasteiger partial charge is 0.319 e. The molecule has 2 aromatic carbocycles. The highest BCUT2D eigenvalue weighted by Crippen LogP contribution is 2.25. The van der Waals surface area contributed by atoms with Crippen LogP contribution < -0.4 is 20.7 Å². The lowest BCUT2D eigenvalue weighted by Crippen LogP contribution is -2.36. The first kappa shape index (κ1) is 18.9. The Morgan fingerprint density at radius 2 is 1.68 bits per heavy atom. The maximum atomic E-state index is 11.9. The van der Waals surface area contributed by atoms with Gasteiger partial charge in [-0.15, -0.1) is 0 Å². The summed E-state index contributed by atoms with van der Waals surface area (Å²) in [5, 5.41) is 8.76. The van der Waals surface area contributed by atoms with Gasteiger partial charge in [0.2, 0.25) is 0 Å². The molecule has 0 heterocycles. The molecular weight excluding hydrogens is 365 g/mol. The van der Waals surface area contributed by atoms with Crippen LogP contribution in [0.5, 0.6) is 5.75 Å². The number of hydrogen-bond donors (Lipinski definition) is 3. The normalized spacial score (nSPS) is 10.0. The van der Waals surface area contributed by atoms with E-state index in [2.05, 4.69) is 16.0 Å². The van der Waals surface area contributed by atoms with E-state index >= 15 is 0 Å². The summed E-state index contributed by atoms with van der Waals surface area (Å²) in [6.45, 7) is 0.535. The fourth-order valence-corrected chi connectivity index (χ4v) is 2.29. The number of amides is 3. The molecule has 0 aliphatic rings. The van der Waals surface area contributed by atoms with Crippen molar-refractivity contribution < 1.29 is 14.3 Å². The lowest BCUT2D eigenvalue weighted by molar-refractivity contribution is 0.0954. The van der Waals surface area contributed by atoms with Gasteiger partial charge in [-0.05, 0) is 42.5 Å². The van der Waals surface area contributed by atoms with E-state index in [0.717, 1.165) is 0 Å². The molecule has 6 nitrogen and oxygen atoms in total. The van der Waals surface area contributed by atoms with Gasteiger partial charge in [0.05, 0.1) is 17.8 Å². The zero-order valence-electron chi connectivity index (χ0n) is 13.4. The highest BCUT2D eigenvalue weighted by Gasteiger charge is 2.07. The minimum Gasteiger partial charge on any atom is -0.497 e. The third-order valence-electron chi connectivity index (χ3n) is 3.22. The van der Waals surface area contributed by atoms with Crippen LogP contribution >= 0.6 is 23.2 Å². The number of urea groups is 1. The molecule has 0 aliphatic heterocycles. The number of benzene rings is 2. The van der Waals surface area contributed by atoms with Gasteiger partial charge in [-0.3, -0.25) is 4.79 Å². The zero-order valence-corrected chi connectivity index (χ0v) is 14.9. The molecule has 0 saturated heterocycles. The Bertz CT molecular complexity index is 751. The van der Waals surface area contributed by atoms with Gasteiger partial charge in [-0.25, -0.2) is 4.79 Å². The van der Waals surface area contributed by atoms with Crippen LogP contribution in [0.25, 0.3) is 0 Å². The van der Waals surface area contributed by atoms with Crippen molar-refractivity contribution >= 4 is 40.8 Å². The summed E-state index contributed by atoms with van der Waals surface area (Å²) in [4.78, 5) is 23.8. The first-order valence-electron chi connectivity index (χ1n) is 7.42. The quantitative estimate of drug-likeness (QED) is 0.669. The maximum absolute atomic E-state index is 11.9.